The zero-order valence-electron chi connectivity index (χ0n) is 15.3. The Bertz CT molecular complexity index is 1070. The van der Waals surface area contributed by atoms with Gasteiger partial charge in [-0.15, -0.1) is 11.3 Å². The zero-order chi connectivity index (χ0) is 19.3. The molecule has 0 aliphatic heterocycles. The highest BCUT2D eigenvalue weighted by Gasteiger charge is 2.09. The molecule has 0 atom stereocenters. The van der Waals surface area contributed by atoms with E-state index in [1.54, 1.807) is 6.20 Å². The third-order valence-corrected chi connectivity index (χ3v) is 5.07. The summed E-state index contributed by atoms with van der Waals surface area (Å²) >= 11 is 1.42. The lowest BCUT2D eigenvalue weighted by Crippen LogP contribution is -2.12. The maximum atomic E-state index is 12.3. The molecule has 28 heavy (non-hydrogen) atoms. The summed E-state index contributed by atoms with van der Waals surface area (Å²) in [6, 6.07) is 17.5. The van der Waals surface area contributed by atoms with Crippen molar-refractivity contribution < 1.29 is 4.79 Å². The quantitative estimate of drug-likeness (QED) is 0.509. The normalized spacial score (nSPS) is 10.6. The van der Waals surface area contributed by atoms with Gasteiger partial charge in [0.15, 0.2) is 5.13 Å². The van der Waals surface area contributed by atoms with Crippen molar-refractivity contribution in [1.82, 2.24) is 14.8 Å². The number of thiazole rings is 1. The largest absolute Gasteiger partial charge is 0.379 e. The predicted molar refractivity (Wildman–Crippen MR) is 112 cm³/mol. The van der Waals surface area contributed by atoms with E-state index in [9.17, 15) is 4.79 Å². The summed E-state index contributed by atoms with van der Waals surface area (Å²) in [5.74, 6) is -0.155. The lowest BCUT2D eigenvalue weighted by Gasteiger charge is -2.12. The van der Waals surface area contributed by atoms with Crippen LogP contribution in [-0.4, -0.2) is 20.7 Å². The molecule has 2 N–H and O–H groups in total. The summed E-state index contributed by atoms with van der Waals surface area (Å²) < 4.78 is 1.83. The highest BCUT2D eigenvalue weighted by molar-refractivity contribution is 7.13. The van der Waals surface area contributed by atoms with Crippen LogP contribution in [0, 0.1) is 6.92 Å². The molecule has 0 spiro atoms. The monoisotopic (exact) mass is 389 g/mol. The summed E-state index contributed by atoms with van der Waals surface area (Å²) in [4.78, 5) is 16.6. The van der Waals surface area contributed by atoms with E-state index in [1.165, 1.54) is 11.3 Å². The third kappa shape index (κ3) is 4.10. The van der Waals surface area contributed by atoms with Crippen LogP contribution in [0.15, 0.2) is 72.4 Å². The first-order valence-corrected chi connectivity index (χ1v) is 9.72. The van der Waals surface area contributed by atoms with Crippen LogP contribution in [-0.2, 0) is 6.54 Å². The van der Waals surface area contributed by atoms with Crippen molar-refractivity contribution in [2.24, 2.45) is 0 Å². The van der Waals surface area contributed by atoms with Gasteiger partial charge in [0.2, 0.25) is 0 Å². The first-order valence-electron chi connectivity index (χ1n) is 8.84. The molecule has 2 aromatic carbocycles. The van der Waals surface area contributed by atoms with E-state index in [0.29, 0.717) is 17.2 Å². The second-order valence-corrected chi connectivity index (χ2v) is 7.12. The van der Waals surface area contributed by atoms with Gasteiger partial charge >= 0.3 is 0 Å². The highest BCUT2D eigenvalue weighted by Crippen LogP contribution is 2.20. The topological polar surface area (TPSA) is 71.8 Å². The van der Waals surface area contributed by atoms with Gasteiger partial charge in [-0.2, -0.15) is 5.10 Å². The van der Waals surface area contributed by atoms with E-state index in [1.807, 2.05) is 77.8 Å². The molecule has 4 aromatic rings. The summed E-state index contributed by atoms with van der Waals surface area (Å²) in [5, 5.41) is 13.1. The second kappa shape index (κ2) is 8.06. The van der Waals surface area contributed by atoms with Gasteiger partial charge in [0, 0.05) is 29.9 Å². The first kappa shape index (κ1) is 17.9. The van der Waals surface area contributed by atoms with Crippen LogP contribution in [0.5, 0.6) is 0 Å². The number of benzene rings is 2. The van der Waals surface area contributed by atoms with Crippen LogP contribution in [0.2, 0.25) is 0 Å². The molecule has 0 aliphatic rings. The molecule has 2 heterocycles. The van der Waals surface area contributed by atoms with Crippen molar-refractivity contribution in [3.8, 4) is 5.69 Å². The number of hydrogen-bond donors (Lipinski definition) is 2. The number of nitrogens with zero attached hydrogens (tertiary/aromatic N) is 3. The minimum atomic E-state index is -0.155. The van der Waals surface area contributed by atoms with Crippen molar-refractivity contribution in [1.29, 1.82) is 0 Å². The van der Waals surface area contributed by atoms with E-state index >= 15 is 0 Å². The maximum absolute atomic E-state index is 12.3. The van der Waals surface area contributed by atoms with Crippen LogP contribution in [0.4, 0.5) is 10.8 Å². The fourth-order valence-corrected chi connectivity index (χ4v) is 3.47. The Morgan fingerprint density at radius 2 is 1.93 bits per heavy atom. The van der Waals surface area contributed by atoms with Gasteiger partial charge in [-0.05, 0) is 42.8 Å². The number of carbonyl (C=O) groups is 1. The molecule has 4 rings (SSSR count). The van der Waals surface area contributed by atoms with Gasteiger partial charge in [-0.1, -0.05) is 24.3 Å². The Balaban J connectivity index is 1.41. The SMILES string of the molecule is Cc1csc(NC(=O)c2ccc(CNc3ccccc3-n3cccn3)cc2)n1. The number of anilines is 2. The number of nitrogens with one attached hydrogen (secondary N) is 2. The van der Waals surface area contributed by atoms with E-state index in [4.69, 9.17) is 0 Å². The summed E-state index contributed by atoms with van der Waals surface area (Å²) in [6.45, 7) is 2.55. The number of amides is 1. The number of rotatable bonds is 6. The molecule has 1 amide bonds. The van der Waals surface area contributed by atoms with E-state index in [-0.39, 0.29) is 5.91 Å². The molecule has 0 aliphatic carbocycles. The molecular formula is C21H19N5OS. The Kier molecular flexibility index (Phi) is 5.16. The van der Waals surface area contributed by atoms with E-state index < -0.39 is 0 Å². The van der Waals surface area contributed by atoms with Gasteiger partial charge in [0.25, 0.3) is 5.91 Å². The molecule has 7 heteroatoms. The molecule has 0 saturated carbocycles. The third-order valence-electron chi connectivity index (χ3n) is 4.19. The predicted octanol–water partition coefficient (Wildman–Crippen LogP) is 4.50. The molecule has 2 aromatic heterocycles. The van der Waals surface area contributed by atoms with Crippen LogP contribution in [0.1, 0.15) is 21.6 Å². The van der Waals surface area contributed by atoms with Gasteiger partial charge < -0.3 is 5.32 Å². The van der Waals surface area contributed by atoms with Crippen molar-refractivity contribution in [3.05, 3.63) is 89.2 Å². The molecule has 6 nitrogen and oxygen atoms in total. The lowest BCUT2D eigenvalue weighted by molar-refractivity contribution is 0.102. The van der Waals surface area contributed by atoms with Crippen LogP contribution < -0.4 is 10.6 Å². The van der Waals surface area contributed by atoms with Crippen molar-refractivity contribution >= 4 is 28.1 Å². The van der Waals surface area contributed by atoms with Crippen LogP contribution in [0.3, 0.4) is 0 Å². The molecular weight excluding hydrogens is 370 g/mol. The van der Waals surface area contributed by atoms with Crippen molar-refractivity contribution in [2.75, 3.05) is 10.6 Å². The zero-order valence-corrected chi connectivity index (χ0v) is 16.1. The van der Waals surface area contributed by atoms with E-state index in [2.05, 4.69) is 20.7 Å². The number of hydrogen-bond acceptors (Lipinski definition) is 5. The molecule has 0 unspecified atom stereocenters. The maximum Gasteiger partial charge on any atom is 0.257 e. The number of aryl methyl sites for hydroxylation is 1. The fraction of sp³-hybridized carbons (Fsp3) is 0.0952. The first-order chi connectivity index (χ1) is 13.7. The van der Waals surface area contributed by atoms with Crippen LogP contribution >= 0.6 is 11.3 Å². The van der Waals surface area contributed by atoms with Gasteiger partial charge in [-0.25, -0.2) is 9.67 Å². The van der Waals surface area contributed by atoms with Gasteiger partial charge in [0.05, 0.1) is 17.1 Å². The minimum absolute atomic E-state index is 0.155. The highest BCUT2D eigenvalue weighted by atomic mass is 32.1. The van der Waals surface area contributed by atoms with Crippen LogP contribution in [0.25, 0.3) is 5.69 Å². The minimum Gasteiger partial charge on any atom is -0.379 e. The second-order valence-electron chi connectivity index (χ2n) is 6.27. The number of aromatic nitrogens is 3. The smallest absolute Gasteiger partial charge is 0.257 e. The summed E-state index contributed by atoms with van der Waals surface area (Å²) in [7, 11) is 0. The Labute approximate surface area is 166 Å². The molecule has 0 saturated heterocycles. The lowest BCUT2D eigenvalue weighted by atomic mass is 10.1. The van der Waals surface area contributed by atoms with Crippen molar-refractivity contribution in [2.45, 2.75) is 13.5 Å². The summed E-state index contributed by atoms with van der Waals surface area (Å²) in [5.41, 5.74) is 4.57. The number of para-hydroxylation sites is 2. The van der Waals surface area contributed by atoms with E-state index in [0.717, 1.165) is 22.6 Å². The van der Waals surface area contributed by atoms with Gasteiger partial charge in [-0.3, -0.25) is 10.1 Å². The molecule has 0 bridgehead atoms. The van der Waals surface area contributed by atoms with Gasteiger partial charge in [0.1, 0.15) is 0 Å². The summed E-state index contributed by atoms with van der Waals surface area (Å²) in [6.07, 6.45) is 3.67. The average Bonchev–Trinajstić information content (AvgIpc) is 3.39. The Morgan fingerprint density at radius 3 is 2.64 bits per heavy atom. The molecule has 140 valence electrons. The molecule has 0 fully saturated rings. The standard InChI is InChI=1S/C21H19N5OS/c1-15-14-28-21(24-15)25-20(27)17-9-7-16(8-10-17)13-22-18-5-2-3-6-19(18)26-12-4-11-23-26/h2-12,14,22H,13H2,1H3,(H,24,25,27). The number of carbonyl (C=O) groups excluding carboxylic acids is 1. The Hall–Kier alpha value is -3.45. The molecule has 0 radical (unpaired) electrons. The Morgan fingerprint density at radius 1 is 1.11 bits per heavy atom. The fourth-order valence-electron chi connectivity index (χ4n) is 2.79. The average molecular weight is 389 g/mol. The van der Waals surface area contributed by atoms with Crippen molar-refractivity contribution in [3.63, 3.8) is 0 Å².